The minimum Gasteiger partial charge on any atom is -0.504 e. The smallest absolute Gasteiger partial charge is 0.162 e. The number of rotatable bonds is 5. The van der Waals surface area contributed by atoms with E-state index in [1.807, 2.05) is 36.5 Å². The van der Waals surface area contributed by atoms with Crippen LogP contribution in [0.4, 0.5) is 0 Å². The molecular weight excluding hydrogens is 318 g/mol. The minimum absolute atomic E-state index is 0.297. The number of ether oxygens (including phenoxy) is 1. The van der Waals surface area contributed by atoms with Crippen LogP contribution in [-0.2, 0) is 6.54 Å². The highest BCUT2D eigenvalue weighted by molar-refractivity contribution is 7.10. The van der Waals surface area contributed by atoms with Crippen LogP contribution in [0, 0.1) is 6.92 Å². The van der Waals surface area contributed by atoms with Crippen LogP contribution in [0.2, 0.25) is 0 Å². The molecule has 1 N–H and O–H groups in total. The molecule has 1 unspecified atom stereocenters. The fraction of sp³-hybridized carbons (Fsp3) is 0.500. The lowest BCUT2D eigenvalue weighted by molar-refractivity contribution is 0.192. The molecule has 1 aromatic carbocycles. The summed E-state index contributed by atoms with van der Waals surface area (Å²) >= 11 is 1.87. The van der Waals surface area contributed by atoms with E-state index >= 15 is 0 Å². The zero-order chi connectivity index (χ0) is 16.9. The number of hydrogen-bond donors (Lipinski definition) is 1. The van der Waals surface area contributed by atoms with Gasteiger partial charge in [-0.2, -0.15) is 0 Å². The van der Waals surface area contributed by atoms with Gasteiger partial charge in [-0.1, -0.05) is 25.0 Å². The highest BCUT2D eigenvalue weighted by atomic mass is 32.1. The van der Waals surface area contributed by atoms with E-state index in [9.17, 15) is 5.11 Å². The van der Waals surface area contributed by atoms with Crippen LogP contribution in [0.15, 0.2) is 29.6 Å². The van der Waals surface area contributed by atoms with Crippen molar-refractivity contribution in [2.24, 2.45) is 0 Å². The molecule has 1 aromatic heterocycles. The summed E-state index contributed by atoms with van der Waals surface area (Å²) in [7, 11) is 0. The van der Waals surface area contributed by atoms with Gasteiger partial charge in [0, 0.05) is 23.0 Å². The van der Waals surface area contributed by atoms with Gasteiger partial charge in [0.1, 0.15) is 0 Å². The molecule has 1 aliphatic rings. The van der Waals surface area contributed by atoms with E-state index in [-0.39, 0.29) is 0 Å². The third-order valence-corrected chi connectivity index (χ3v) is 5.94. The van der Waals surface area contributed by atoms with Crippen LogP contribution in [0.25, 0.3) is 0 Å². The fourth-order valence-corrected chi connectivity index (χ4v) is 4.66. The zero-order valence-electron chi connectivity index (χ0n) is 14.6. The number of nitrogens with zero attached hydrogens (tertiary/aromatic N) is 1. The van der Waals surface area contributed by atoms with Gasteiger partial charge in [-0.3, -0.25) is 4.90 Å². The van der Waals surface area contributed by atoms with Gasteiger partial charge >= 0.3 is 0 Å². The average Bonchev–Trinajstić information content (AvgIpc) is 2.86. The molecule has 2 aromatic rings. The van der Waals surface area contributed by atoms with Crippen molar-refractivity contribution in [1.29, 1.82) is 0 Å². The normalized spacial score (nSPS) is 19.2. The maximum absolute atomic E-state index is 10.5. The van der Waals surface area contributed by atoms with Crippen molar-refractivity contribution in [3.8, 4) is 11.5 Å². The van der Waals surface area contributed by atoms with E-state index in [2.05, 4.69) is 23.3 Å². The Morgan fingerprint density at radius 3 is 2.88 bits per heavy atom. The van der Waals surface area contributed by atoms with Crippen molar-refractivity contribution in [2.75, 3.05) is 13.2 Å². The predicted octanol–water partition coefficient (Wildman–Crippen LogP) is 5.28. The summed E-state index contributed by atoms with van der Waals surface area (Å²) in [5.41, 5.74) is 2.35. The second kappa shape index (κ2) is 8.04. The Labute approximate surface area is 148 Å². The van der Waals surface area contributed by atoms with Crippen LogP contribution >= 0.6 is 11.3 Å². The lowest BCUT2D eigenvalue weighted by atomic mass is 10.0. The Hall–Kier alpha value is -1.52. The van der Waals surface area contributed by atoms with Crippen molar-refractivity contribution < 1.29 is 9.84 Å². The van der Waals surface area contributed by atoms with E-state index in [0.29, 0.717) is 24.1 Å². The van der Waals surface area contributed by atoms with Crippen molar-refractivity contribution in [2.45, 2.75) is 52.1 Å². The molecule has 130 valence electrons. The monoisotopic (exact) mass is 345 g/mol. The first-order valence-electron chi connectivity index (χ1n) is 8.92. The highest BCUT2D eigenvalue weighted by Gasteiger charge is 2.26. The van der Waals surface area contributed by atoms with Gasteiger partial charge in [-0.25, -0.2) is 0 Å². The first kappa shape index (κ1) is 17.3. The van der Waals surface area contributed by atoms with Gasteiger partial charge in [0.15, 0.2) is 11.5 Å². The summed E-state index contributed by atoms with van der Waals surface area (Å²) in [4.78, 5) is 4.02. The number of benzene rings is 1. The van der Waals surface area contributed by atoms with Gasteiger partial charge in [0.05, 0.1) is 6.61 Å². The van der Waals surface area contributed by atoms with Crippen LogP contribution in [0.1, 0.15) is 54.7 Å². The number of phenols is 1. The quantitative estimate of drug-likeness (QED) is 0.800. The van der Waals surface area contributed by atoms with E-state index in [4.69, 9.17) is 4.74 Å². The molecule has 3 rings (SSSR count). The average molecular weight is 346 g/mol. The second-order valence-electron chi connectivity index (χ2n) is 6.50. The van der Waals surface area contributed by atoms with Crippen LogP contribution in [0.5, 0.6) is 11.5 Å². The number of para-hydroxylation sites is 1. The molecule has 0 amide bonds. The molecule has 1 aliphatic heterocycles. The summed E-state index contributed by atoms with van der Waals surface area (Å²) < 4.78 is 5.54. The summed E-state index contributed by atoms with van der Waals surface area (Å²) in [6, 6.07) is 8.51. The van der Waals surface area contributed by atoms with Gasteiger partial charge in [-0.15, -0.1) is 11.3 Å². The molecule has 0 bridgehead atoms. The molecule has 0 saturated carbocycles. The van der Waals surface area contributed by atoms with Crippen LogP contribution in [0.3, 0.4) is 0 Å². The fourth-order valence-electron chi connectivity index (χ4n) is 3.57. The number of thiophene rings is 1. The Balaban J connectivity index is 1.86. The summed E-state index contributed by atoms with van der Waals surface area (Å²) in [5.74, 6) is 0.888. The molecule has 0 spiro atoms. The molecule has 2 heterocycles. The van der Waals surface area contributed by atoms with Gasteiger partial charge in [0.25, 0.3) is 0 Å². The number of hydrogen-bond acceptors (Lipinski definition) is 4. The Morgan fingerprint density at radius 1 is 1.25 bits per heavy atom. The zero-order valence-corrected chi connectivity index (χ0v) is 15.4. The molecule has 1 fully saturated rings. The molecule has 0 aliphatic carbocycles. The van der Waals surface area contributed by atoms with Crippen molar-refractivity contribution in [3.05, 3.63) is 45.6 Å². The summed E-state index contributed by atoms with van der Waals surface area (Å²) in [6.45, 7) is 6.57. The molecule has 1 saturated heterocycles. The van der Waals surface area contributed by atoms with Gasteiger partial charge in [0.2, 0.25) is 0 Å². The second-order valence-corrected chi connectivity index (χ2v) is 7.45. The Bertz CT molecular complexity index is 667. The molecule has 4 heteroatoms. The van der Waals surface area contributed by atoms with E-state index < -0.39 is 0 Å². The topological polar surface area (TPSA) is 32.7 Å². The first-order chi connectivity index (χ1) is 11.7. The number of phenolic OH excluding ortho intramolecular Hbond substituents is 1. The lowest BCUT2D eigenvalue weighted by Gasteiger charge is -2.30. The van der Waals surface area contributed by atoms with Crippen LogP contribution in [-0.4, -0.2) is 23.2 Å². The Kier molecular flexibility index (Phi) is 5.80. The summed E-state index contributed by atoms with van der Waals surface area (Å²) in [6.07, 6.45) is 5.01. The molecule has 0 radical (unpaired) electrons. The number of aromatic hydroxyl groups is 1. The van der Waals surface area contributed by atoms with E-state index in [1.165, 1.54) is 36.1 Å². The van der Waals surface area contributed by atoms with Crippen molar-refractivity contribution in [1.82, 2.24) is 4.90 Å². The predicted molar refractivity (Wildman–Crippen MR) is 100.0 cm³/mol. The molecule has 1 atom stereocenters. The first-order valence-corrected chi connectivity index (χ1v) is 9.80. The van der Waals surface area contributed by atoms with Gasteiger partial charge < -0.3 is 9.84 Å². The molecule has 3 nitrogen and oxygen atoms in total. The SMILES string of the molecule is CCOc1cccc(CN2CCCCCC2c2sccc2C)c1O. The number of likely N-dealkylation sites (tertiary alicyclic amines) is 1. The largest absolute Gasteiger partial charge is 0.504 e. The van der Waals surface area contributed by atoms with Crippen LogP contribution < -0.4 is 4.74 Å². The van der Waals surface area contributed by atoms with Crippen molar-refractivity contribution >= 4 is 11.3 Å². The summed E-state index contributed by atoms with van der Waals surface area (Å²) in [5, 5.41) is 12.7. The third-order valence-electron chi connectivity index (χ3n) is 4.82. The molecule has 24 heavy (non-hydrogen) atoms. The number of aryl methyl sites for hydroxylation is 1. The molecular formula is C20H27NO2S. The maximum Gasteiger partial charge on any atom is 0.162 e. The van der Waals surface area contributed by atoms with Gasteiger partial charge in [-0.05, 0) is 56.3 Å². The third kappa shape index (κ3) is 3.76. The highest BCUT2D eigenvalue weighted by Crippen LogP contribution is 2.38. The minimum atomic E-state index is 0.297. The van der Waals surface area contributed by atoms with E-state index in [1.54, 1.807) is 0 Å². The Morgan fingerprint density at radius 2 is 2.12 bits per heavy atom. The maximum atomic E-state index is 10.5. The lowest BCUT2D eigenvalue weighted by Crippen LogP contribution is -2.28. The standard InChI is InChI=1S/C20H27NO2S/c1-3-23-18-10-7-8-16(19(18)22)14-21-12-6-4-5-9-17(21)20-15(2)11-13-24-20/h7-8,10-11,13,17,22H,3-6,9,12,14H2,1-2H3. The van der Waals surface area contributed by atoms with Crippen molar-refractivity contribution in [3.63, 3.8) is 0 Å². The van der Waals surface area contributed by atoms with E-state index in [0.717, 1.165) is 18.7 Å².